The third-order valence-electron chi connectivity index (χ3n) is 5.10. The zero-order chi connectivity index (χ0) is 24.1. The van der Waals surface area contributed by atoms with E-state index in [2.05, 4.69) is 21.2 Å². The summed E-state index contributed by atoms with van der Waals surface area (Å²) in [6.07, 6.45) is 1.55. The Balaban J connectivity index is 1.70. The molecule has 0 fully saturated rings. The lowest BCUT2D eigenvalue weighted by molar-refractivity contribution is -0.112. The van der Waals surface area contributed by atoms with E-state index in [-0.39, 0.29) is 5.57 Å². The van der Waals surface area contributed by atoms with Crippen molar-refractivity contribution in [1.82, 2.24) is 0 Å². The highest BCUT2D eigenvalue weighted by Crippen LogP contribution is 2.32. The van der Waals surface area contributed by atoms with E-state index in [0.29, 0.717) is 33.7 Å². The second kappa shape index (κ2) is 10.8. The molecule has 4 aromatic carbocycles. The molecular formula is C27H17BrCl2N2O2. The van der Waals surface area contributed by atoms with Gasteiger partial charge in [-0.3, -0.25) is 4.79 Å². The Bertz CT molecular complexity index is 1460. The fourth-order valence-corrected chi connectivity index (χ4v) is 4.08. The summed E-state index contributed by atoms with van der Waals surface area (Å²) < 4.78 is 7.07. The zero-order valence-corrected chi connectivity index (χ0v) is 20.8. The monoisotopic (exact) mass is 550 g/mol. The normalized spacial score (nSPS) is 11.2. The van der Waals surface area contributed by atoms with Crippen LogP contribution in [0.1, 0.15) is 11.1 Å². The molecule has 0 aromatic heterocycles. The molecule has 168 valence electrons. The van der Waals surface area contributed by atoms with E-state index < -0.39 is 5.91 Å². The molecule has 0 spiro atoms. The molecule has 4 nitrogen and oxygen atoms in total. The van der Waals surface area contributed by atoms with Crippen molar-refractivity contribution in [2.75, 3.05) is 5.32 Å². The maximum Gasteiger partial charge on any atom is 0.266 e. The van der Waals surface area contributed by atoms with Crippen LogP contribution in [-0.2, 0) is 11.4 Å². The number of rotatable bonds is 6. The van der Waals surface area contributed by atoms with Gasteiger partial charge in [0, 0.05) is 21.3 Å². The summed E-state index contributed by atoms with van der Waals surface area (Å²) in [5.74, 6) is -0.00452. The predicted octanol–water partition coefficient (Wildman–Crippen LogP) is 8.03. The lowest BCUT2D eigenvalue weighted by Crippen LogP contribution is -2.13. The van der Waals surface area contributed by atoms with Crippen molar-refractivity contribution >= 4 is 67.6 Å². The maximum absolute atomic E-state index is 12.9. The van der Waals surface area contributed by atoms with Gasteiger partial charge in [-0.25, -0.2) is 0 Å². The number of nitriles is 1. The number of hydrogen-bond donors (Lipinski definition) is 1. The molecule has 0 heterocycles. The van der Waals surface area contributed by atoms with Crippen LogP contribution in [0, 0.1) is 11.3 Å². The van der Waals surface area contributed by atoms with Gasteiger partial charge in [0.15, 0.2) is 0 Å². The highest BCUT2D eigenvalue weighted by Gasteiger charge is 2.15. The topological polar surface area (TPSA) is 62.1 Å². The Hall–Kier alpha value is -3.30. The largest absolute Gasteiger partial charge is 0.488 e. The minimum atomic E-state index is -0.564. The Labute approximate surface area is 215 Å². The van der Waals surface area contributed by atoms with Crippen LogP contribution in [0.3, 0.4) is 0 Å². The SMILES string of the molecule is N#C/C(=C\c1c(OCc2ccccc2Br)ccc2ccccc12)C(=O)Nc1ccc(Cl)c(Cl)c1. The molecule has 34 heavy (non-hydrogen) atoms. The van der Waals surface area contributed by atoms with Crippen molar-refractivity contribution in [3.63, 3.8) is 0 Å². The molecule has 0 atom stereocenters. The van der Waals surface area contributed by atoms with E-state index in [1.165, 1.54) is 6.07 Å². The van der Waals surface area contributed by atoms with E-state index in [1.807, 2.05) is 66.7 Å². The van der Waals surface area contributed by atoms with Gasteiger partial charge in [0.25, 0.3) is 5.91 Å². The van der Waals surface area contributed by atoms with Crippen LogP contribution in [0.2, 0.25) is 10.0 Å². The zero-order valence-electron chi connectivity index (χ0n) is 17.7. The van der Waals surface area contributed by atoms with E-state index >= 15 is 0 Å². The molecule has 1 amide bonds. The highest BCUT2D eigenvalue weighted by atomic mass is 79.9. The second-order valence-corrected chi connectivity index (χ2v) is 9.00. The molecule has 0 unspecified atom stereocenters. The lowest BCUT2D eigenvalue weighted by Gasteiger charge is -2.13. The number of amides is 1. The summed E-state index contributed by atoms with van der Waals surface area (Å²) in [4.78, 5) is 12.9. The first-order valence-electron chi connectivity index (χ1n) is 10.2. The number of halogens is 3. The third-order valence-corrected chi connectivity index (χ3v) is 6.62. The lowest BCUT2D eigenvalue weighted by atomic mass is 10.0. The van der Waals surface area contributed by atoms with Crippen molar-refractivity contribution < 1.29 is 9.53 Å². The Morgan fingerprint density at radius 3 is 2.53 bits per heavy atom. The van der Waals surface area contributed by atoms with Gasteiger partial charge in [0.2, 0.25) is 0 Å². The number of ether oxygens (including phenoxy) is 1. The average Bonchev–Trinajstić information content (AvgIpc) is 2.84. The van der Waals surface area contributed by atoms with Gasteiger partial charge in [0.1, 0.15) is 24.0 Å². The molecule has 7 heteroatoms. The van der Waals surface area contributed by atoms with Crippen molar-refractivity contribution in [2.24, 2.45) is 0 Å². The smallest absolute Gasteiger partial charge is 0.266 e. The van der Waals surface area contributed by atoms with Crippen LogP contribution in [0.4, 0.5) is 5.69 Å². The quantitative estimate of drug-likeness (QED) is 0.195. The molecule has 0 bridgehead atoms. The molecule has 4 rings (SSSR count). The van der Waals surface area contributed by atoms with E-state index in [4.69, 9.17) is 27.9 Å². The summed E-state index contributed by atoms with van der Waals surface area (Å²) >= 11 is 15.5. The third kappa shape index (κ3) is 5.43. The summed E-state index contributed by atoms with van der Waals surface area (Å²) in [5.41, 5.74) is 1.98. The van der Waals surface area contributed by atoms with Gasteiger partial charge in [-0.1, -0.05) is 87.7 Å². The number of benzene rings is 4. The Morgan fingerprint density at radius 2 is 1.76 bits per heavy atom. The minimum absolute atomic E-state index is 0.0758. The first-order chi connectivity index (χ1) is 16.5. The number of nitrogens with zero attached hydrogens (tertiary/aromatic N) is 1. The van der Waals surface area contributed by atoms with Crippen LogP contribution in [0.5, 0.6) is 5.75 Å². The van der Waals surface area contributed by atoms with Gasteiger partial charge in [0.05, 0.1) is 10.0 Å². The molecule has 4 aromatic rings. The van der Waals surface area contributed by atoms with Gasteiger partial charge in [-0.05, 0) is 47.2 Å². The molecule has 0 saturated carbocycles. The molecule has 0 saturated heterocycles. The van der Waals surface area contributed by atoms with E-state index in [1.54, 1.807) is 18.2 Å². The second-order valence-electron chi connectivity index (χ2n) is 7.33. The molecular weight excluding hydrogens is 535 g/mol. The van der Waals surface area contributed by atoms with Crippen molar-refractivity contribution in [1.29, 1.82) is 5.26 Å². The summed E-state index contributed by atoms with van der Waals surface area (Å²) in [6, 6.07) is 26.0. The van der Waals surface area contributed by atoms with E-state index in [0.717, 1.165) is 20.8 Å². The van der Waals surface area contributed by atoms with Crippen LogP contribution < -0.4 is 10.1 Å². The summed E-state index contributed by atoms with van der Waals surface area (Å²) in [5, 5.41) is 15.0. The fourth-order valence-electron chi connectivity index (χ4n) is 3.39. The van der Waals surface area contributed by atoms with Crippen molar-refractivity contribution in [3.8, 4) is 11.8 Å². The standard InChI is InChI=1S/C27H17BrCl2N2O2/c28-23-8-4-2-6-18(23)16-34-26-12-9-17-5-1-3-7-21(17)22(26)13-19(15-31)27(33)32-20-10-11-24(29)25(30)14-20/h1-14H,16H2,(H,32,33)/b19-13+. The van der Waals surface area contributed by atoms with Crippen molar-refractivity contribution in [2.45, 2.75) is 6.61 Å². The van der Waals surface area contributed by atoms with Gasteiger partial charge in [-0.15, -0.1) is 0 Å². The summed E-state index contributed by atoms with van der Waals surface area (Å²) in [6.45, 7) is 0.317. The number of carbonyl (C=O) groups excluding carboxylic acids is 1. The number of anilines is 1. The number of carbonyl (C=O) groups is 1. The first kappa shape index (κ1) is 23.8. The molecule has 0 aliphatic rings. The molecule has 0 aliphatic heterocycles. The van der Waals surface area contributed by atoms with Crippen LogP contribution >= 0.6 is 39.1 Å². The Morgan fingerprint density at radius 1 is 1.00 bits per heavy atom. The highest BCUT2D eigenvalue weighted by molar-refractivity contribution is 9.10. The average molecular weight is 552 g/mol. The number of hydrogen-bond acceptors (Lipinski definition) is 3. The van der Waals surface area contributed by atoms with Gasteiger partial charge < -0.3 is 10.1 Å². The molecule has 0 radical (unpaired) electrons. The van der Waals surface area contributed by atoms with Gasteiger partial charge >= 0.3 is 0 Å². The molecule has 0 aliphatic carbocycles. The van der Waals surface area contributed by atoms with Crippen LogP contribution in [0.15, 0.2) is 88.9 Å². The van der Waals surface area contributed by atoms with Crippen molar-refractivity contribution in [3.05, 3.63) is 110 Å². The first-order valence-corrected chi connectivity index (χ1v) is 11.8. The number of fused-ring (bicyclic) bond motifs is 1. The maximum atomic E-state index is 12.9. The van der Waals surface area contributed by atoms with Crippen LogP contribution in [0.25, 0.3) is 16.8 Å². The fraction of sp³-hybridized carbons (Fsp3) is 0.0370. The predicted molar refractivity (Wildman–Crippen MR) is 141 cm³/mol. The van der Waals surface area contributed by atoms with E-state index in [9.17, 15) is 10.1 Å². The van der Waals surface area contributed by atoms with Crippen LogP contribution in [-0.4, -0.2) is 5.91 Å². The Kier molecular flexibility index (Phi) is 7.54. The minimum Gasteiger partial charge on any atom is -0.488 e. The number of nitrogens with one attached hydrogen (secondary N) is 1. The molecule has 1 N–H and O–H groups in total. The van der Waals surface area contributed by atoms with Gasteiger partial charge in [-0.2, -0.15) is 5.26 Å². The summed E-state index contributed by atoms with van der Waals surface area (Å²) in [7, 11) is 0.